The molecule has 27 heavy (non-hydrogen) atoms. The quantitative estimate of drug-likeness (QED) is 0.506. The summed E-state index contributed by atoms with van der Waals surface area (Å²) in [6.07, 6.45) is 0.397. The van der Waals surface area contributed by atoms with Crippen LogP contribution in [0.25, 0.3) is 0 Å². The van der Waals surface area contributed by atoms with Crippen molar-refractivity contribution >= 4 is 23.8 Å². The maximum Gasteiger partial charge on any atom is 0.326 e. The number of benzene rings is 1. The van der Waals surface area contributed by atoms with Crippen molar-refractivity contribution < 1.29 is 28.7 Å². The zero-order valence-electron chi connectivity index (χ0n) is 15.5. The molecule has 0 bridgehead atoms. The van der Waals surface area contributed by atoms with Gasteiger partial charge in [-0.1, -0.05) is 25.1 Å². The van der Waals surface area contributed by atoms with Gasteiger partial charge in [0.15, 0.2) is 6.61 Å². The van der Waals surface area contributed by atoms with Gasteiger partial charge in [-0.05, 0) is 19.4 Å². The number of nitrogens with one attached hydrogen (secondary N) is 2. The Morgan fingerprint density at radius 2 is 1.96 bits per heavy atom. The van der Waals surface area contributed by atoms with Crippen LogP contribution in [0.5, 0.6) is 5.75 Å². The fraction of sp³-hybridized carbons (Fsp3) is 0.444. The molecule has 9 nitrogen and oxygen atoms in total. The van der Waals surface area contributed by atoms with Crippen LogP contribution in [0, 0.1) is 0 Å². The van der Waals surface area contributed by atoms with Gasteiger partial charge >= 0.3 is 12.0 Å². The Morgan fingerprint density at radius 3 is 2.59 bits per heavy atom. The fourth-order valence-corrected chi connectivity index (χ4v) is 2.54. The topological polar surface area (TPSA) is 114 Å². The maximum absolute atomic E-state index is 12.2. The number of carbonyl (C=O) groups excluding carboxylic acids is 4. The van der Waals surface area contributed by atoms with Crippen LogP contribution in [0.4, 0.5) is 4.79 Å². The molecule has 1 aliphatic rings. The Hall–Kier alpha value is -3.10. The highest BCUT2D eigenvalue weighted by atomic mass is 16.5. The number of hydrogen-bond donors (Lipinski definition) is 2. The van der Waals surface area contributed by atoms with E-state index in [1.807, 2.05) is 12.1 Å². The van der Waals surface area contributed by atoms with Crippen molar-refractivity contribution in [3.05, 3.63) is 29.8 Å². The third kappa shape index (κ3) is 4.75. The Bertz CT molecular complexity index is 750. The SMILES string of the molecule is CC[C@@]1(C)NC(=O)N(CC(=O)OCC(=O)NCc2ccccc2OC)C1=O. The molecule has 1 aliphatic heterocycles. The largest absolute Gasteiger partial charge is 0.496 e. The summed E-state index contributed by atoms with van der Waals surface area (Å²) < 4.78 is 10.0. The summed E-state index contributed by atoms with van der Waals surface area (Å²) in [6, 6.07) is 6.54. The van der Waals surface area contributed by atoms with Crippen molar-refractivity contribution in [3.63, 3.8) is 0 Å². The van der Waals surface area contributed by atoms with Crippen molar-refractivity contribution in [1.82, 2.24) is 15.5 Å². The van der Waals surface area contributed by atoms with Gasteiger partial charge in [0.2, 0.25) is 0 Å². The lowest BCUT2D eigenvalue weighted by atomic mass is 9.99. The molecule has 0 aliphatic carbocycles. The van der Waals surface area contributed by atoms with E-state index in [4.69, 9.17) is 9.47 Å². The molecule has 2 rings (SSSR count). The Kier molecular flexibility index (Phi) is 6.38. The molecular weight excluding hydrogens is 354 g/mol. The zero-order chi connectivity index (χ0) is 20.0. The molecule has 1 heterocycles. The first-order valence-corrected chi connectivity index (χ1v) is 8.49. The summed E-state index contributed by atoms with van der Waals surface area (Å²) in [5.74, 6) is -1.21. The Labute approximate surface area is 157 Å². The maximum atomic E-state index is 12.2. The highest BCUT2D eigenvalue weighted by molar-refractivity contribution is 6.08. The first-order valence-electron chi connectivity index (χ1n) is 8.49. The van der Waals surface area contributed by atoms with Gasteiger partial charge in [0.1, 0.15) is 17.8 Å². The number of hydrogen-bond acceptors (Lipinski definition) is 6. The van der Waals surface area contributed by atoms with Crippen molar-refractivity contribution in [2.45, 2.75) is 32.4 Å². The van der Waals surface area contributed by atoms with Crippen molar-refractivity contribution in [1.29, 1.82) is 0 Å². The van der Waals surface area contributed by atoms with Crippen molar-refractivity contribution in [3.8, 4) is 5.75 Å². The van der Waals surface area contributed by atoms with E-state index >= 15 is 0 Å². The van der Waals surface area contributed by atoms with Gasteiger partial charge in [-0.3, -0.25) is 19.3 Å². The zero-order valence-corrected chi connectivity index (χ0v) is 15.5. The number of nitrogens with zero attached hydrogens (tertiary/aromatic N) is 1. The number of carbonyl (C=O) groups is 4. The standard InChI is InChI=1S/C18H23N3O6/c1-4-18(2)16(24)21(17(25)20-18)10-15(23)27-11-14(22)19-9-12-7-5-6-8-13(12)26-3/h5-8H,4,9-11H2,1-3H3,(H,19,22)(H,20,25)/t18-/m1/s1. The first-order chi connectivity index (χ1) is 12.8. The molecule has 1 aromatic rings. The van der Waals surface area contributed by atoms with E-state index in [9.17, 15) is 19.2 Å². The average Bonchev–Trinajstić information content (AvgIpc) is 2.88. The van der Waals surface area contributed by atoms with E-state index in [0.29, 0.717) is 12.2 Å². The summed E-state index contributed by atoms with van der Waals surface area (Å²) in [5, 5.41) is 5.14. The van der Waals surface area contributed by atoms with Crippen LogP contribution in [-0.2, 0) is 25.7 Å². The minimum Gasteiger partial charge on any atom is -0.496 e. The Balaban J connectivity index is 1.79. The molecule has 0 unspecified atom stereocenters. The normalized spacial score (nSPS) is 18.9. The van der Waals surface area contributed by atoms with Gasteiger partial charge in [-0.15, -0.1) is 0 Å². The van der Waals surface area contributed by atoms with E-state index in [1.165, 1.54) is 7.11 Å². The van der Waals surface area contributed by atoms with Gasteiger partial charge in [-0.2, -0.15) is 0 Å². The van der Waals surface area contributed by atoms with Crippen LogP contribution in [0.2, 0.25) is 0 Å². The molecule has 1 aromatic carbocycles. The third-order valence-corrected chi connectivity index (χ3v) is 4.37. The van der Waals surface area contributed by atoms with Gasteiger partial charge in [0.25, 0.3) is 11.8 Å². The second-order valence-electron chi connectivity index (χ2n) is 6.26. The predicted octanol–water partition coefficient (Wildman–Crippen LogP) is 0.575. The summed E-state index contributed by atoms with van der Waals surface area (Å²) >= 11 is 0. The molecule has 0 aromatic heterocycles. The number of methoxy groups -OCH3 is 1. The summed E-state index contributed by atoms with van der Waals surface area (Å²) in [6.45, 7) is 2.50. The monoisotopic (exact) mass is 377 g/mol. The molecule has 2 N–H and O–H groups in total. The predicted molar refractivity (Wildman–Crippen MR) is 94.7 cm³/mol. The number of para-hydroxylation sites is 1. The van der Waals surface area contributed by atoms with Crippen LogP contribution in [0.15, 0.2) is 24.3 Å². The third-order valence-electron chi connectivity index (χ3n) is 4.37. The number of imide groups is 1. The van der Waals surface area contributed by atoms with Crippen LogP contribution < -0.4 is 15.4 Å². The second-order valence-corrected chi connectivity index (χ2v) is 6.26. The van der Waals surface area contributed by atoms with Gasteiger partial charge < -0.3 is 20.1 Å². The minimum atomic E-state index is -1.02. The number of urea groups is 1. The van der Waals surface area contributed by atoms with Crippen LogP contribution in [0.1, 0.15) is 25.8 Å². The molecule has 1 fully saturated rings. The molecule has 0 saturated carbocycles. The molecule has 146 valence electrons. The second kappa shape index (κ2) is 8.52. The molecule has 9 heteroatoms. The molecule has 0 radical (unpaired) electrons. The first kappa shape index (κ1) is 20.2. The highest BCUT2D eigenvalue weighted by Crippen LogP contribution is 2.20. The minimum absolute atomic E-state index is 0.211. The average molecular weight is 377 g/mol. The van der Waals surface area contributed by atoms with E-state index in [2.05, 4.69) is 10.6 Å². The van der Waals surface area contributed by atoms with Crippen LogP contribution in [-0.4, -0.2) is 54.5 Å². The molecule has 1 atom stereocenters. The highest BCUT2D eigenvalue weighted by Gasteiger charge is 2.47. The molecule has 0 spiro atoms. The number of ether oxygens (including phenoxy) is 2. The lowest BCUT2D eigenvalue weighted by Gasteiger charge is -2.18. The smallest absolute Gasteiger partial charge is 0.326 e. The summed E-state index contributed by atoms with van der Waals surface area (Å²) in [7, 11) is 1.53. The van der Waals surface area contributed by atoms with Crippen molar-refractivity contribution in [2.75, 3.05) is 20.3 Å². The van der Waals surface area contributed by atoms with Gasteiger partial charge in [-0.25, -0.2) is 4.79 Å². The van der Waals surface area contributed by atoms with Crippen LogP contribution in [0.3, 0.4) is 0 Å². The molecule has 4 amide bonds. The van der Waals surface area contributed by atoms with Crippen molar-refractivity contribution in [2.24, 2.45) is 0 Å². The molecular formula is C18H23N3O6. The number of rotatable bonds is 8. The Morgan fingerprint density at radius 1 is 1.26 bits per heavy atom. The van der Waals surface area contributed by atoms with E-state index in [-0.39, 0.29) is 6.54 Å². The number of esters is 1. The van der Waals surface area contributed by atoms with E-state index < -0.39 is 42.5 Å². The number of amides is 4. The van der Waals surface area contributed by atoms with Gasteiger partial charge in [0, 0.05) is 12.1 Å². The van der Waals surface area contributed by atoms with Gasteiger partial charge in [0.05, 0.1) is 7.11 Å². The van der Waals surface area contributed by atoms with Crippen LogP contribution >= 0.6 is 0 Å². The summed E-state index contributed by atoms with van der Waals surface area (Å²) in [4.78, 5) is 48.6. The molecule has 1 saturated heterocycles. The van der Waals surface area contributed by atoms with E-state index in [0.717, 1.165) is 10.5 Å². The lowest BCUT2D eigenvalue weighted by molar-refractivity contribution is -0.151. The lowest BCUT2D eigenvalue weighted by Crippen LogP contribution is -2.43. The van der Waals surface area contributed by atoms with E-state index in [1.54, 1.807) is 26.0 Å². The fourth-order valence-electron chi connectivity index (χ4n) is 2.54. The summed E-state index contributed by atoms with van der Waals surface area (Å²) in [5.41, 5.74) is -0.249.